The monoisotopic (exact) mass is 328 g/mol. The van der Waals surface area contributed by atoms with Crippen molar-refractivity contribution in [3.63, 3.8) is 0 Å². The smallest absolute Gasteiger partial charge is 0.253 e. The van der Waals surface area contributed by atoms with Crippen molar-refractivity contribution in [3.8, 4) is 5.69 Å². The lowest BCUT2D eigenvalue weighted by atomic mass is 10.1. The van der Waals surface area contributed by atoms with Crippen LogP contribution in [-0.2, 0) is 6.54 Å². The zero-order valence-corrected chi connectivity index (χ0v) is 12.9. The van der Waals surface area contributed by atoms with Crippen LogP contribution in [0.25, 0.3) is 5.69 Å². The van der Waals surface area contributed by atoms with E-state index in [-0.39, 0.29) is 12.5 Å². The molecular formula is C17H14F2N4O. The van der Waals surface area contributed by atoms with Crippen LogP contribution in [0.15, 0.2) is 54.9 Å². The lowest BCUT2D eigenvalue weighted by Crippen LogP contribution is -2.26. The summed E-state index contributed by atoms with van der Waals surface area (Å²) in [5, 5.41) is 7.61. The number of benzene rings is 2. The first-order valence-electron chi connectivity index (χ1n) is 7.21. The van der Waals surface area contributed by atoms with Crippen LogP contribution in [0.2, 0.25) is 0 Å². The Morgan fingerprint density at radius 2 is 2.00 bits per heavy atom. The van der Waals surface area contributed by atoms with Crippen LogP contribution in [0, 0.1) is 11.6 Å². The Kier molecular flexibility index (Phi) is 4.33. The molecule has 0 aliphatic carbocycles. The third-order valence-corrected chi connectivity index (χ3v) is 3.53. The van der Waals surface area contributed by atoms with Gasteiger partial charge in [0, 0.05) is 19.2 Å². The zero-order chi connectivity index (χ0) is 17.1. The van der Waals surface area contributed by atoms with Gasteiger partial charge in [0.05, 0.1) is 18.1 Å². The second-order valence-electron chi connectivity index (χ2n) is 5.31. The van der Waals surface area contributed by atoms with Gasteiger partial charge in [0.2, 0.25) is 0 Å². The van der Waals surface area contributed by atoms with E-state index in [1.165, 1.54) is 11.0 Å². The normalized spacial score (nSPS) is 10.6. The molecule has 0 aliphatic heterocycles. The Morgan fingerprint density at radius 1 is 1.17 bits per heavy atom. The molecule has 0 radical (unpaired) electrons. The van der Waals surface area contributed by atoms with Gasteiger partial charge in [-0.05, 0) is 35.9 Å². The molecule has 0 unspecified atom stereocenters. The number of amides is 1. The van der Waals surface area contributed by atoms with Gasteiger partial charge in [0.1, 0.15) is 0 Å². The van der Waals surface area contributed by atoms with Crippen LogP contribution in [0.5, 0.6) is 0 Å². The Hall–Kier alpha value is -3.09. The summed E-state index contributed by atoms with van der Waals surface area (Å²) in [6, 6.07) is 10.5. The first-order valence-corrected chi connectivity index (χ1v) is 7.21. The number of hydrogen-bond acceptors (Lipinski definition) is 3. The van der Waals surface area contributed by atoms with Crippen LogP contribution >= 0.6 is 0 Å². The highest BCUT2D eigenvalue weighted by atomic mass is 19.2. The maximum atomic E-state index is 13.3. The second-order valence-corrected chi connectivity index (χ2v) is 5.31. The minimum absolute atomic E-state index is 0.170. The highest BCUT2D eigenvalue weighted by Gasteiger charge is 2.14. The molecule has 0 saturated heterocycles. The quantitative estimate of drug-likeness (QED) is 0.740. The van der Waals surface area contributed by atoms with Gasteiger partial charge in [-0.25, -0.2) is 13.5 Å². The van der Waals surface area contributed by atoms with Crippen molar-refractivity contribution in [3.05, 3.63) is 77.6 Å². The molecular weight excluding hydrogens is 314 g/mol. The van der Waals surface area contributed by atoms with Gasteiger partial charge in [-0.15, -0.1) is 5.10 Å². The van der Waals surface area contributed by atoms with E-state index in [9.17, 15) is 13.6 Å². The summed E-state index contributed by atoms with van der Waals surface area (Å²) in [5.74, 6) is -2.07. The molecule has 0 bridgehead atoms. The summed E-state index contributed by atoms with van der Waals surface area (Å²) in [4.78, 5) is 14.0. The SMILES string of the molecule is CN(Cc1ccc(F)c(F)c1)C(=O)c1cccc(-n2ccnn2)c1. The van der Waals surface area contributed by atoms with Crippen molar-refractivity contribution in [2.45, 2.75) is 6.54 Å². The molecule has 5 nitrogen and oxygen atoms in total. The summed E-state index contributed by atoms with van der Waals surface area (Å²) >= 11 is 0. The van der Waals surface area contributed by atoms with Gasteiger partial charge >= 0.3 is 0 Å². The first kappa shape index (κ1) is 15.8. The Labute approximate surface area is 137 Å². The molecule has 0 fully saturated rings. The van der Waals surface area contributed by atoms with E-state index < -0.39 is 11.6 Å². The molecule has 0 aliphatic rings. The largest absolute Gasteiger partial charge is 0.337 e. The zero-order valence-electron chi connectivity index (χ0n) is 12.9. The highest BCUT2D eigenvalue weighted by molar-refractivity contribution is 5.94. The molecule has 1 aromatic heterocycles. The fraction of sp³-hybridized carbons (Fsp3) is 0.118. The Balaban J connectivity index is 1.78. The van der Waals surface area contributed by atoms with Crippen molar-refractivity contribution >= 4 is 5.91 Å². The average Bonchev–Trinajstić information content (AvgIpc) is 3.12. The van der Waals surface area contributed by atoms with E-state index in [4.69, 9.17) is 0 Å². The van der Waals surface area contributed by atoms with Gasteiger partial charge in [-0.1, -0.05) is 17.3 Å². The van der Waals surface area contributed by atoms with E-state index in [1.54, 1.807) is 48.4 Å². The van der Waals surface area contributed by atoms with E-state index in [2.05, 4.69) is 10.3 Å². The van der Waals surface area contributed by atoms with Crippen molar-refractivity contribution in [2.75, 3.05) is 7.05 Å². The fourth-order valence-corrected chi connectivity index (χ4v) is 2.33. The average molecular weight is 328 g/mol. The number of carbonyl (C=O) groups excluding carboxylic acids is 1. The first-order chi connectivity index (χ1) is 11.5. The van der Waals surface area contributed by atoms with E-state index in [0.717, 1.165) is 12.1 Å². The van der Waals surface area contributed by atoms with Crippen LogP contribution in [0.3, 0.4) is 0 Å². The molecule has 2 aromatic carbocycles. The molecule has 7 heteroatoms. The van der Waals surface area contributed by atoms with E-state index in [1.807, 2.05) is 0 Å². The minimum Gasteiger partial charge on any atom is -0.337 e. The number of aromatic nitrogens is 3. The maximum Gasteiger partial charge on any atom is 0.253 e. The number of rotatable bonds is 4. The summed E-state index contributed by atoms with van der Waals surface area (Å²) in [5.41, 5.74) is 1.69. The Bertz CT molecular complexity index is 865. The molecule has 0 atom stereocenters. The number of carbonyl (C=O) groups is 1. The van der Waals surface area contributed by atoms with Gasteiger partial charge in [0.25, 0.3) is 5.91 Å². The summed E-state index contributed by atoms with van der Waals surface area (Å²) in [7, 11) is 1.60. The summed E-state index contributed by atoms with van der Waals surface area (Å²) < 4.78 is 27.8. The van der Waals surface area contributed by atoms with Gasteiger partial charge in [-0.2, -0.15) is 0 Å². The topological polar surface area (TPSA) is 51.0 Å². The van der Waals surface area contributed by atoms with Gasteiger partial charge < -0.3 is 4.90 Å². The van der Waals surface area contributed by atoms with Crippen molar-refractivity contribution in [1.29, 1.82) is 0 Å². The molecule has 122 valence electrons. The fourth-order valence-electron chi connectivity index (χ4n) is 2.33. The minimum atomic E-state index is -0.929. The third kappa shape index (κ3) is 3.29. The molecule has 24 heavy (non-hydrogen) atoms. The predicted octanol–water partition coefficient (Wildman–Crippen LogP) is 2.82. The lowest BCUT2D eigenvalue weighted by Gasteiger charge is -2.18. The van der Waals surface area contributed by atoms with Crippen LogP contribution in [0.4, 0.5) is 8.78 Å². The highest BCUT2D eigenvalue weighted by Crippen LogP contribution is 2.14. The van der Waals surface area contributed by atoms with Crippen LogP contribution in [0.1, 0.15) is 15.9 Å². The number of nitrogens with zero attached hydrogens (tertiary/aromatic N) is 4. The van der Waals surface area contributed by atoms with Crippen LogP contribution < -0.4 is 0 Å². The predicted molar refractivity (Wildman–Crippen MR) is 83.5 cm³/mol. The van der Waals surface area contributed by atoms with Gasteiger partial charge in [-0.3, -0.25) is 4.79 Å². The third-order valence-electron chi connectivity index (χ3n) is 3.53. The van der Waals surface area contributed by atoms with Crippen molar-refractivity contribution < 1.29 is 13.6 Å². The molecule has 1 heterocycles. The molecule has 3 rings (SSSR count). The van der Waals surface area contributed by atoms with E-state index in [0.29, 0.717) is 16.8 Å². The van der Waals surface area contributed by atoms with Crippen molar-refractivity contribution in [1.82, 2.24) is 19.9 Å². The standard InChI is InChI=1S/C17H14F2N4O/c1-22(11-12-5-6-15(18)16(19)9-12)17(24)13-3-2-4-14(10-13)23-8-7-20-21-23/h2-10H,11H2,1H3. The number of halogens is 2. The summed E-state index contributed by atoms with van der Waals surface area (Å²) in [6.45, 7) is 0.170. The van der Waals surface area contributed by atoms with Crippen LogP contribution in [-0.4, -0.2) is 32.8 Å². The summed E-state index contributed by atoms with van der Waals surface area (Å²) in [6.07, 6.45) is 3.22. The van der Waals surface area contributed by atoms with E-state index >= 15 is 0 Å². The van der Waals surface area contributed by atoms with Gasteiger partial charge in [0.15, 0.2) is 11.6 Å². The van der Waals surface area contributed by atoms with Crippen molar-refractivity contribution in [2.24, 2.45) is 0 Å². The molecule has 0 N–H and O–H groups in total. The Morgan fingerprint density at radius 3 is 2.71 bits per heavy atom. The maximum absolute atomic E-state index is 13.3. The molecule has 0 spiro atoms. The number of hydrogen-bond donors (Lipinski definition) is 0. The second kappa shape index (κ2) is 6.57. The lowest BCUT2D eigenvalue weighted by molar-refractivity contribution is 0.0785. The molecule has 1 amide bonds. The molecule has 0 saturated carbocycles. The molecule has 3 aromatic rings.